The summed E-state index contributed by atoms with van der Waals surface area (Å²) in [5.74, 6) is -3.52. The maximum absolute atomic E-state index is 11.7. The SMILES string of the molecule is O=[N+]([O-])c1ccc2c(c1)C1C(C3C2[C@]2(Cl)C(Cl)=C(Cl)[C@@]3(Cl)C2(Cl)Cl)[C@@]2(Cl)C(Cl)=C(Cl)[C@]1(Cl)C2(Cl)Cl. The Labute approximate surface area is 258 Å². The van der Waals surface area contributed by atoms with Crippen LogP contribution < -0.4 is 0 Å². The highest BCUT2D eigenvalue weighted by Gasteiger charge is 2.91. The molecule has 0 heterocycles. The molecule has 0 aliphatic heterocycles. The molecule has 8 atom stereocenters. The lowest BCUT2D eigenvalue weighted by molar-refractivity contribution is -0.385. The molecule has 35 heavy (non-hydrogen) atoms. The first-order valence-electron chi connectivity index (χ1n) is 9.83. The number of benzene rings is 1. The molecule has 5 aliphatic rings. The van der Waals surface area contributed by atoms with Gasteiger partial charge >= 0.3 is 0 Å². The van der Waals surface area contributed by atoms with Gasteiger partial charge < -0.3 is 0 Å². The molecule has 0 radical (unpaired) electrons. The van der Waals surface area contributed by atoms with Crippen LogP contribution in [0.15, 0.2) is 38.3 Å². The second-order valence-corrected chi connectivity index (χ2v) is 15.9. The Bertz CT molecular complexity index is 1340. The van der Waals surface area contributed by atoms with E-state index in [0.717, 1.165) is 0 Å². The number of hydrogen-bond donors (Lipinski definition) is 0. The lowest BCUT2D eigenvalue weighted by Crippen LogP contribution is -2.53. The number of alkyl halides is 8. The van der Waals surface area contributed by atoms with Crippen molar-refractivity contribution in [2.24, 2.45) is 11.8 Å². The zero-order valence-corrected chi connectivity index (χ0v) is 25.4. The van der Waals surface area contributed by atoms with Gasteiger partial charge in [-0.3, -0.25) is 10.1 Å². The number of fused-ring (bicyclic) bond motifs is 14. The molecule has 4 unspecified atom stereocenters. The van der Waals surface area contributed by atoms with Crippen molar-refractivity contribution in [1.82, 2.24) is 0 Å². The number of rotatable bonds is 1. The van der Waals surface area contributed by atoms with E-state index in [9.17, 15) is 10.1 Å². The molecule has 1 aromatic carbocycles. The van der Waals surface area contributed by atoms with E-state index in [0.29, 0.717) is 11.1 Å². The summed E-state index contributed by atoms with van der Waals surface area (Å²) >= 11 is 82.9. The third-order valence-electron chi connectivity index (χ3n) is 8.32. The molecule has 6 rings (SSSR count). The van der Waals surface area contributed by atoms with E-state index in [1.807, 2.05) is 0 Å². The van der Waals surface area contributed by atoms with E-state index >= 15 is 0 Å². The van der Waals surface area contributed by atoms with E-state index in [2.05, 4.69) is 0 Å². The lowest BCUT2D eigenvalue weighted by atomic mass is 9.57. The van der Waals surface area contributed by atoms with Crippen molar-refractivity contribution < 1.29 is 4.92 Å². The van der Waals surface area contributed by atoms with Crippen molar-refractivity contribution in [2.45, 2.75) is 40.0 Å². The maximum Gasteiger partial charge on any atom is 0.269 e. The average Bonchev–Trinajstić information content (AvgIpc) is 3.13. The highest BCUT2D eigenvalue weighted by Crippen LogP contribution is 2.88. The van der Waals surface area contributed by atoms with Crippen molar-refractivity contribution >= 4 is 145 Å². The first-order chi connectivity index (χ1) is 15.9. The summed E-state index contributed by atoms with van der Waals surface area (Å²) in [6, 6.07) is 4.20. The van der Waals surface area contributed by atoms with Gasteiger partial charge in [0.2, 0.25) is 0 Å². The fourth-order valence-electron chi connectivity index (χ4n) is 7.00. The standard InChI is InChI=1S/C20H7Cl12NO2/c21-11-13(23)17(27)9-7(15(11,25)19(17,29)30)5-2-1-4(33(34)35)3-6(5)8-10(9)18(28)14(24)12(22)16(8,26)20(18,31)32/h1-3,7-10H/t7?,8?,9?,10?,15-,16-,17+,18+/m0/s1. The number of nitro groups is 1. The first kappa shape index (κ1) is 26.8. The second-order valence-electron chi connectivity index (χ2n) is 9.33. The second kappa shape index (κ2) is 7.25. The van der Waals surface area contributed by atoms with E-state index < -0.39 is 56.8 Å². The van der Waals surface area contributed by atoms with E-state index in [1.54, 1.807) is 0 Å². The smallest absolute Gasteiger partial charge is 0.258 e. The van der Waals surface area contributed by atoms with Gasteiger partial charge in [0, 0.05) is 35.8 Å². The van der Waals surface area contributed by atoms with Gasteiger partial charge in [0.1, 0.15) is 19.5 Å². The predicted molar refractivity (Wildman–Crippen MR) is 146 cm³/mol. The van der Waals surface area contributed by atoms with Crippen LogP contribution in [-0.2, 0) is 0 Å². The van der Waals surface area contributed by atoms with Crippen molar-refractivity contribution in [3.05, 3.63) is 59.6 Å². The average molecular weight is 719 g/mol. The number of nitrogens with zero attached hydrogens (tertiary/aromatic N) is 1. The third-order valence-corrected chi connectivity index (χ3v) is 16.9. The van der Waals surface area contributed by atoms with Crippen LogP contribution in [0.1, 0.15) is 23.0 Å². The Morgan fingerprint density at radius 2 is 1.00 bits per heavy atom. The summed E-state index contributed by atoms with van der Waals surface area (Å²) in [4.78, 5) is 4.05. The number of hydrogen-bond acceptors (Lipinski definition) is 2. The molecule has 0 aromatic heterocycles. The molecule has 2 fully saturated rings. The third kappa shape index (κ3) is 2.35. The molecular weight excluding hydrogens is 712 g/mol. The molecule has 3 nitrogen and oxygen atoms in total. The molecule has 4 bridgehead atoms. The van der Waals surface area contributed by atoms with Gasteiger partial charge in [0.05, 0.1) is 25.1 Å². The highest BCUT2D eigenvalue weighted by molar-refractivity contribution is 6.67. The van der Waals surface area contributed by atoms with Gasteiger partial charge in [0.25, 0.3) is 5.69 Å². The lowest BCUT2D eigenvalue weighted by Gasteiger charge is -2.52. The topological polar surface area (TPSA) is 43.1 Å². The largest absolute Gasteiger partial charge is 0.269 e. The Balaban J connectivity index is 1.79. The van der Waals surface area contributed by atoms with E-state index in [-0.39, 0.29) is 25.8 Å². The van der Waals surface area contributed by atoms with Crippen LogP contribution in [0.25, 0.3) is 0 Å². The van der Waals surface area contributed by atoms with Crippen LogP contribution in [0.5, 0.6) is 0 Å². The molecule has 1 aromatic rings. The van der Waals surface area contributed by atoms with Gasteiger partial charge in [-0.25, -0.2) is 0 Å². The van der Waals surface area contributed by atoms with Gasteiger partial charge in [-0.1, -0.05) is 98.9 Å². The summed E-state index contributed by atoms with van der Waals surface area (Å²) in [7, 11) is 0. The van der Waals surface area contributed by atoms with Crippen LogP contribution in [0.2, 0.25) is 0 Å². The zero-order valence-electron chi connectivity index (χ0n) is 16.3. The Kier molecular flexibility index (Phi) is 5.55. The Morgan fingerprint density at radius 1 is 0.629 bits per heavy atom. The minimum absolute atomic E-state index is 0.0418. The maximum atomic E-state index is 11.7. The molecule has 0 spiro atoms. The van der Waals surface area contributed by atoms with Crippen molar-refractivity contribution in [1.29, 1.82) is 0 Å². The van der Waals surface area contributed by atoms with Gasteiger partial charge in [-0.2, -0.15) is 0 Å². The monoisotopic (exact) mass is 713 g/mol. The summed E-state index contributed by atoms with van der Waals surface area (Å²) in [5.41, 5.74) is 0.669. The fraction of sp³-hybridized carbons (Fsp3) is 0.500. The predicted octanol–water partition coefficient (Wildman–Crippen LogP) is 9.70. The van der Waals surface area contributed by atoms with Gasteiger partial charge in [0.15, 0.2) is 8.67 Å². The molecule has 0 amide bonds. The number of halogens is 12. The Hall–Kier alpha value is 1.58. The van der Waals surface area contributed by atoms with Crippen molar-refractivity contribution in [2.75, 3.05) is 0 Å². The molecule has 0 N–H and O–H groups in total. The van der Waals surface area contributed by atoms with Gasteiger partial charge in [-0.15, -0.1) is 46.4 Å². The van der Waals surface area contributed by atoms with Crippen molar-refractivity contribution in [3.63, 3.8) is 0 Å². The molecule has 188 valence electrons. The Morgan fingerprint density at radius 3 is 1.40 bits per heavy atom. The summed E-state index contributed by atoms with van der Waals surface area (Å²) < 4.78 is -3.93. The zero-order chi connectivity index (χ0) is 26.0. The number of nitro benzene ring substituents is 1. The summed E-state index contributed by atoms with van der Waals surface area (Å²) in [6.45, 7) is 0. The minimum atomic E-state index is -1.99. The molecule has 0 saturated heterocycles. The molecule has 5 aliphatic carbocycles. The quantitative estimate of drug-likeness (QED) is 0.165. The normalized spacial score (nSPS) is 47.8. The summed E-state index contributed by atoms with van der Waals surface area (Å²) in [6.07, 6.45) is 0. The minimum Gasteiger partial charge on any atom is -0.258 e. The van der Waals surface area contributed by atoms with E-state index in [1.165, 1.54) is 18.2 Å². The van der Waals surface area contributed by atoms with Crippen LogP contribution in [0.3, 0.4) is 0 Å². The van der Waals surface area contributed by atoms with Crippen molar-refractivity contribution in [3.8, 4) is 0 Å². The molecule has 15 heteroatoms. The summed E-state index contributed by atoms with van der Waals surface area (Å²) in [5, 5.41) is 11.4. The molecule has 2 saturated carbocycles. The van der Waals surface area contributed by atoms with Crippen LogP contribution in [0.4, 0.5) is 5.69 Å². The fourth-order valence-corrected chi connectivity index (χ4v) is 13.1. The van der Waals surface area contributed by atoms with Gasteiger partial charge in [-0.05, 0) is 11.1 Å². The van der Waals surface area contributed by atoms with Crippen LogP contribution in [-0.4, -0.2) is 33.1 Å². The number of non-ortho nitro benzene ring substituents is 1. The van der Waals surface area contributed by atoms with Crippen LogP contribution >= 0.6 is 139 Å². The van der Waals surface area contributed by atoms with Crippen LogP contribution in [0, 0.1) is 22.0 Å². The highest BCUT2D eigenvalue weighted by atomic mass is 35.5. The molecular formula is C20H7Cl12NO2. The first-order valence-corrected chi connectivity index (χ1v) is 14.4. The van der Waals surface area contributed by atoms with E-state index in [4.69, 9.17) is 139 Å². The number of allylic oxidation sites excluding steroid dienone is 4.